The fourth-order valence-electron chi connectivity index (χ4n) is 2.67. The van der Waals surface area contributed by atoms with E-state index in [-0.39, 0.29) is 5.91 Å². The van der Waals surface area contributed by atoms with Crippen molar-refractivity contribution < 1.29 is 4.79 Å². The molecule has 6 heteroatoms. The predicted molar refractivity (Wildman–Crippen MR) is 88.2 cm³/mol. The van der Waals surface area contributed by atoms with Gasteiger partial charge in [-0.3, -0.25) is 15.0 Å². The highest BCUT2D eigenvalue weighted by atomic mass is 32.1. The predicted octanol–water partition coefficient (Wildman–Crippen LogP) is 3.08. The standard InChI is InChI=1S/C16H20N4OS/c1-12-7-3-4-8-13(12)15(21)17-16-19-18-14(22-16)11-20-9-5-2-6-10-20/h3-4,7-8H,2,5-6,9-11H2,1H3,(H,17,19,21). The lowest BCUT2D eigenvalue weighted by atomic mass is 10.1. The molecule has 1 N–H and O–H groups in total. The number of aromatic nitrogens is 2. The Bertz CT molecular complexity index is 649. The van der Waals surface area contributed by atoms with Crippen LogP contribution in [0.2, 0.25) is 0 Å². The highest BCUT2D eigenvalue weighted by molar-refractivity contribution is 7.15. The number of benzene rings is 1. The van der Waals surface area contributed by atoms with Crippen molar-refractivity contribution >= 4 is 22.4 Å². The Balaban J connectivity index is 1.61. The highest BCUT2D eigenvalue weighted by Crippen LogP contribution is 2.20. The fourth-order valence-corrected chi connectivity index (χ4v) is 3.45. The zero-order valence-electron chi connectivity index (χ0n) is 12.7. The van der Waals surface area contributed by atoms with E-state index in [0.717, 1.165) is 30.2 Å². The molecule has 3 rings (SSSR count). The number of hydrogen-bond donors (Lipinski definition) is 1. The van der Waals surface area contributed by atoms with Crippen LogP contribution in [-0.2, 0) is 6.54 Å². The molecule has 1 amide bonds. The van der Waals surface area contributed by atoms with Crippen molar-refractivity contribution in [2.45, 2.75) is 32.7 Å². The van der Waals surface area contributed by atoms with E-state index in [2.05, 4.69) is 20.4 Å². The van der Waals surface area contributed by atoms with Crippen LogP contribution in [0.3, 0.4) is 0 Å². The maximum Gasteiger partial charge on any atom is 0.257 e. The maximum absolute atomic E-state index is 12.3. The first-order valence-electron chi connectivity index (χ1n) is 7.64. The number of piperidine rings is 1. The Morgan fingerprint density at radius 1 is 1.23 bits per heavy atom. The molecule has 116 valence electrons. The molecule has 1 aromatic carbocycles. The van der Waals surface area contributed by atoms with Crippen molar-refractivity contribution in [1.29, 1.82) is 0 Å². The minimum absolute atomic E-state index is 0.126. The number of hydrogen-bond acceptors (Lipinski definition) is 5. The summed E-state index contributed by atoms with van der Waals surface area (Å²) in [6, 6.07) is 7.54. The van der Waals surface area contributed by atoms with Gasteiger partial charge < -0.3 is 0 Å². The molecule has 0 spiro atoms. The summed E-state index contributed by atoms with van der Waals surface area (Å²) in [6.07, 6.45) is 3.84. The number of carbonyl (C=O) groups excluding carboxylic acids is 1. The minimum atomic E-state index is -0.126. The minimum Gasteiger partial charge on any atom is -0.297 e. The molecule has 1 aromatic heterocycles. The third-order valence-corrected chi connectivity index (χ3v) is 4.71. The van der Waals surface area contributed by atoms with E-state index in [9.17, 15) is 4.79 Å². The largest absolute Gasteiger partial charge is 0.297 e. The Kier molecular flexibility index (Phi) is 4.80. The SMILES string of the molecule is Cc1ccccc1C(=O)Nc1nnc(CN2CCCCC2)s1. The number of carbonyl (C=O) groups is 1. The smallest absolute Gasteiger partial charge is 0.257 e. The number of rotatable bonds is 4. The van der Waals surface area contributed by atoms with Crippen LogP contribution in [0.25, 0.3) is 0 Å². The van der Waals surface area contributed by atoms with Crippen LogP contribution < -0.4 is 5.32 Å². The zero-order chi connectivity index (χ0) is 15.4. The van der Waals surface area contributed by atoms with Crippen molar-refractivity contribution in [1.82, 2.24) is 15.1 Å². The van der Waals surface area contributed by atoms with Gasteiger partial charge in [0.2, 0.25) is 5.13 Å². The molecule has 1 saturated heterocycles. The molecular formula is C16H20N4OS. The molecule has 1 aliphatic rings. The van der Waals surface area contributed by atoms with Gasteiger partial charge in [0.15, 0.2) is 0 Å². The third-order valence-electron chi connectivity index (χ3n) is 3.88. The van der Waals surface area contributed by atoms with Crippen molar-refractivity contribution in [3.8, 4) is 0 Å². The molecule has 2 heterocycles. The lowest BCUT2D eigenvalue weighted by Gasteiger charge is -2.24. The molecule has 22 heavy (non-hydrogen) atoms. The van der Waals surface area contributed by atoms with Gasteiger partial charge in [-0.15, -0.1) is 10.2 Å². The number of aryl methyl sites for hydroxylation is 1. The summed E-state index contributed by atoms with van der Waals surface area (Å²) in [4.78, 5) is 14.7. The molecular weight excluding hydrogens is 296 g/mol. The monoisotopic (exact) mass is 316 g/mol. The Morgan fingerprint density at radius 2 is 2.00 bits per heavy atom. The van der Waals surface area contributed by atoms with Crippen LogP contribution in [0.5, 0.6) is 0 Å². The van der Waals surface area contributed by atoms with Crippen LogP contribution in [0.1, 0.15) is 40.2 Å². The Hall–Kier alpha value is -1.79. The molecule has 0 radical (unpaired) electrons. The average molecular weight is 316 g/mol. The van der Waals surface area contributed by atoms with Gasteiger partial charge in [0.05, 0.1) is 6.54 Å². The van der Waals surface area contributed by atoms with Gasteiger partial charge >= 0.3 is 0 Å². The molecule has 0 saturated carbocycles. The maximum atomic E-state index is 12.3. The van der Waals surface area contributed by atoms with Gasteiger partial charge in [-0.1, -0.05) is 36.0 Å². The van der Waals surface area contributed by atoms with Crippen molar-refractivity contribution in [3.63, 3.8) is 0 Å². The molecule has 0 unspecified atom stereocenters. The van der Waals surface area contributed by atoms with Crippen LogP contribution in [0.15, 0.2) is 24.3 Å². The average Bonchev–Trinajstić information content (AvgIpc) is 2.95. The summed E-state index contributed by atoms with van der Waals surface area (Å²) >= 11 is 1.46. The summed E-state index contributed by atoms with van der Waals surface area (Å²) in [5, 5.41) is 12.7. The molecule has 1 fully saturated rings. The van der Waals surface area contributed by atoms with Gasteiger partial charge in [0.25, 0.3) is 5.91 Å². The topological polar surface area (TPSA) is 58.1 Å². The molecule has 1 aliphatic heterocycles. The van der Waals surface area contributed by atoms with Crippen LogP contribution in [0, 0.1) is 6.92 Å². The molecule has 5 nitrogen and oxygen atoms in total. The van der Waals surface area contributed by atoms with Crippen LogP contribution in [-0.4, -0.2) is 34.1 Å². The zero-order valence-corrected chi connectivity index (χ0v) is 13.5. The first kappa shape index (κ1) is 15.1. The van der Waals surface area contributed by atoms with Gasteiger partial charge in [0.1, 0.15) is 5.01 Å². The number of anilines is 1. The number of nitrogens with one attached hydrogen (secondary N) is 1. The summed E-state index contributed by atoms with van der Waals surface area (Å²) < 4.78 is 0. The molecule has 0 aliphatic carbocycles. The van der Waals surface area contributed by atoms with E-state index >= 15 is 0 Å². The first-order valence-corrected chi connectivity index (χ1v) is 8.46. The number of nitrogens with zero attached hydrogens (tertiary/aromatic N) is 3. The normalized spacial score (nSPS) is 15.7. The first-order chi connectivity index (χ1) is 10.7. The van der Waals surface area contributed by atoms with Crippen molar-refractivity contribution in [2.24, 2.45) is 0 Å². The van der Waals surface area contributed by atoms with Crippen molar-refractivity contribution in [2.75, 3.05) is 18.4 Å². The summed E-state index contributed by atoms with van der Waals surface area (Å²) in [5.74, 6) is -0.126. The lowest BCUT2D eigenvalue weighted by Crippen LogP contribution is -2.28. The Morgan fingerprint density at radius 3 is 2.77 bits per heavy atom. The number of amides is 1. The highest BCUT2D eigenvalue weighted by Gasteiger charge is 2.15. The lowest BCUT2D eigenvalue weighted by molar-refractivity contribution is 0.102. The fraction of sp³-hybridized carbons (Fsp3) is 0.438. The summed E-state index contributed by atoms with van der Waals surface area (Å²) in [7, 11) is 0. The van der Waals surface area contributed by atoms with Crippen LogP contribution >= 0.6 is 11.3 Å². The van der Waals surface area contributed by atoms with Gasteiger partial charge in [-0.2, -0.15) is 0 Å². The van der Waals surface area contributed by atoms with E-state index in [4.69, 9.17) is 0 Å². The second-order valence-corrected chi connectivity index (χ2v) is 6.67. The summed E-state index contributed by atoms with van der Waals surface area (Å²) in [5.41, 5.74) is 1.63. The van der Waals surface area contributed by atoms with Gasteiger partial charge in [0, 0.05) is 5.56 Å². The van der Waals surface area contributed by atoms with E-state index in [1.165, 1.54) is 30.6 Å². The van der Waals surface area contributed by atoms with Crippen LogP contribution in [0.4, 0.5) is 5.13 Å². The third kappa shape index (κ3) is 3.69. The molecule has 2 aromatic rings. The van der Waals surface area contributed by atoms with E-state index in [1.54, 1.807) is 0 Å². The molecule has 0 bridgehead atoms. The van der Waals surface area contributed by atoms with Gasteiger partial charge in [-0.25, -0.2) is 0 Å². The summed E-state index contributed by atoms with van der Waals surface area (Å²) in [6.45, 7) is 5.02. The quantitative estimate of drug-likeness (QED) is 0.942. The van der Waals surface area contributed by atoms with Gasteiger partial charge in [-0.05, 0) is 44.5 Å². The van der Waals surface area contributed by atoms with Crippen molar-refractivity contribution in [3.05, 3.63) is 40.4 Å². The van der Waals surface area contributed by atoms with E-state index in [0.29, 0.717) is 10.7 Å². The van der Waals surface area contributed by atoms with E-state index < -0.39 is 0 Å². The Labute approximate surface area is 134 Å². The second-order valence-electron chi connectivity index (χ2n) is 5.61. The molecule has 0 atom stereocenters. The van der Waals surface area contributed by atoms with E-state index in [1.807, 2.05) is 31.2 Å². The second kappa shape index (κ2) is 6.98. The number of likely N-dealkylation sites (tertiary alicyclic amines) is 1.